The van der Waals surface area contributed by atoms with Crippen molar-refractivity contribution in [2.24, 2.45) is 5.92 Å². The second kappa shape index (κ2) is 10.5. The number of amides is 1. The highest BCUT2D eigenvalue weighted by Crippen LogP contribution is 2.29. The molecule has 0 saturated heterocycles. The maximum absolute atomic E-state index is 13.8. The van der Waals surface area contributed by atoms with Gasteiger partial charge in [-0.25, -0.2) is 4.98 Å². The Morgan fingerprint density at radius 2 is 1.69 bits per heavy atom. The Bertz CT molecular complexity index is 1510. The number of benzene rings is 3. The van der Waals surface area contributed by atoms with Gasteiger partial charge in [0.05, 0.1) is 33.2 Å². The van der Waals surface area contributed by atoms with Crippen LogP contribution >= 0.6 is 23.2 Å². The number of aromatic nitrogens is 2. The van der Waals surface area contributed by atoms with Crippen molar-refractivity contribution >= 4 is 40.0 Å². The second-order valence-electron chi connectivity index (χ2n) is 9.55. The van der Waals surface area contributed by atoms with Crippen LogP contribution in [0.2, 0.25) is 10.0 Å². The zero-order chi connectivity index (χ0) is 26.1. The summed E-state index contributed by atoms with van der Waals surface area (Å²) in [5, 5.41) is 1.26. The summed E-state index contributed by atoms with van der Waals surface area (Å²) in [5.41, 5.74) is 3.68. The normalized spacial score (nSPS) is 12.2. The fourth-order valence-electron chi connectivity index (χ4n) is 4.31. The molecule has 5 nitrogen and oxygen atoms in total. The van der Waals surface area contributed by atoms with Crippen molar-refractivity contribution in [3.8, 4) is 5.69 Å². The molecule has 3 aromatic carbocycles. The van der Waals surface area contributed by atoms with Crippen LogP contribution in [0, 0.1) is 19.8 Å². The van der Waals surface area contributed by atoms with Crippen molar-refractivity contribution in [3.63, 3.8) is 0 Å². The van der Waals surface area contributed by atoms with Crippen molar-refractivity contribution in [2.75, 3.05) is 6.54 Å². The number of hydrogen-bond acceptors (Lipinski definition) is 3. The Balaban J connectivity index is 1.94. The van der Waals surface area contributed by atoms with Crippen molar-refractivity contribution in [3.05, 3.63) is 104 Å². The van der Waals surface area contributed by atoms with E-state index in [1.165, 1.54) is 0 Å². The third kappa shape index (κ3) is 5.04. The molecule has 0 aliphatic heterocycles. The number of rotatable bonds is 6. The average molecular weight is 522 g/mol. The Labute approximate surface area is 221 Å². The third-order valence-electron chi connectivity index (χ3n) is 6.38. The van der Waals surface area contributed by atoms with Crippen LogP contribution < -0.4 is 5.56 Å². The van der Waals surface area contributed by atoms with Crippen LogP contribution in [0.25, 0.3) is 16.6 Å². The standard InChI is InChI=1S/C29H29Cl2N3O2/c1-17(2)16-33(28(35)23-13-11-21(30)15-25(23)31)20(5)27-32-26-9-7-6-8-24(26)29(36)34(27)22-12-10-18(3)19(4)14-22/h6-15,17,20H,16H2,1-5H3. The third-order valence-corrected chi connectivity index (χ3v) is 6.92. The summed E-state index contributed by atoms with van der Waals surface area (Å²) in [6.45, 7) is 10.5. The molecule has 0 aliphatic carbocycles. The summed E-state index contributed by atoms with van der Waals surface area (Å²) in [6, 6.07) is 17.5. The molecule has 1 amide bonds. The predicted molar refractivity (Wildman–Crippen MR) is 148 cm³/mol. The van der Waals surface area contributed by atoms with E-state index in [2.05, 4.69) is 0 Å². The van der Waals surface area contributed by atoms with Crippen molar-refractivity contribution in [1.29, 1.82) is 0 Å². The lowest BCUT2D eigenvalue weighted by molar-refractivity contribution is 0.0655. The fourth-order valence-corrected chi connectivity index (χ4v) is 4.80. The first-order valence-corrected chi connectivity index (χ1v) is 12.7. The highest BCUT2D eigenvalue weighted by Gasteiger charge is 2.29. The predicted octanol–water partition coefficient (Wildman–Crippen LogP) is 7.17. The van der Waals surface area contributed by atoms with E-state index in [9.17, 15) is 9.59 Å². The molecular weight excluding hydrogens is 493 g/mol. The molecule has 0 saturated carbocycles. The van der Waals surface area contributed by atoms with Crippen molar-refractivity contribution in [1.82, 2.24) is 14.5 Å². The number of fused-ring (bicyclic) bond motifs is 1. The van der Waals surface area contributed by atoms with E-state index in [4.69, 9.17) is 28.2 Å². The minimum absolute atomic E-state index is 0.171. The van der Waals surface area contributed by atoms with E-state index >= 15 is 0 Å². The lowest BCUT2D eigenvalue weighted by atomic mass is 10.1. The molecule has 7 heteroatoms. The molecule has 4 rings (SSSR count). The van der Waals surface area contributed by atoms with Crippen molar-refractivity contribution in [2.45, 2.75) is 40.7 Å². The van der Waals surface area contributed by atoms with E-state index in [1.54, 1.807) is 33.7 Å². The molecule has 0 fully saturated rings. The second-order valence-corrected chi connectivity index (χ2v) is 10.4. The Kier molecular flexibility index (Phi) is 7.53. The van der Waals surface area contributed by atoms with Crippen LogP contribution in [0.15, 0.2) is 65.5 Å². The van der Waals surface area contributed by atoms with Crippen LogP contribution in [0.4, 0.5) is 0 Å². The summed E-state index contributed by atoms with van der Waals surface area (Å²) in [7, 11) is 0. The minimum Gasteiger partial charge on any atom is -0.328 e. The molecule has 4 aromatic rings. The van der Waals surface area contributed by atoms with E-state index in [1.807, 2.05) is 71.0 Å². The van der Waals surface area contributed by atoms with Crippen LogP contribution in [0.3, 0.4) is 0 Å². The summed E-state index contributed by atoms with van der Waals surface area (Å²) < 4.78 is 1.63. The average Bonchev–Trinajstić information content (AvgIpc) is 2.83. The largest absolute Gasteiger partial charge is 0.328 e. The number of aryl methyl sites for hydroxylation is 2. The number of hydrogen-bond donors (Lipinski definition) is 0. The smallest absolute Gasteiger partial charge is 0.266 e. The lowest BCUT2D eigenvalue weighted by Gasteiger charge is -2.32. The number of halogens is 2. The van der Waals surface area contributed by atoms with Gasteiger partial charge in [0, 0.05) is 11.6 Å². The van der Waals surface area contributed by atoms with Gasteiger partial charge in [0.1, 0.15) is 5.82 Å². The number of para-hydroxylation sites is 1. The summed E-state index contributed by atoms with van der Waals surface area (Å²) in [6.07, 6.45) is 0. The fraction of sp³-hybridized carbons (Fsp3) is 0.276. The molecule has 1 aromatic heterocycles. The highest BCUT2D eigenvalue weighted by molar-refractivity contribution is 6.36. The molecule has 1 heterocycles. The minimum atomic E-state index is -0.523. The van der Waals surface area contributed by atoms with Gasteiger partial charge in [-0.05, 0) is 80.3 Å². The summed E-state index contributed by atoms with van der Waals surface area (Å²) in [4.78, 5) is 34.3. The summed E-state index contributed by atoms with van der Waals surface area (Å²) >= 11 is 12.5. The van der Waals surface area contributed by atoms with Crippen LogP contribution in [-0.4, -0.2) is 26.9 Å². The monoisotopic (exact) mass is 521 g/mol. The molecule has 0 N–H and O–H groups in total. The quantitative estimate of drug-likeness (QED) is 0.270. The van der Waals surface area contributed by atoms with E-state index < -0.39 is 6.04 Å². The summed E-state index contributed by atoms with van der Waals surface area (Å²) in [5.74, 6) is 0.415. The van der Waals surface area contributed by atoms with Gasteiger partial charge in [0.25, 0.3) is 11.5 Å². The number of carbonyl (C=O) groups excluding carboxylic acids is 1. The molecule has 0 radical (unpaired) electrons. The molecule has 1 unspecified atom stereocenters. The molecular formula is C29H29Cl2N3O2. The van der Waals surface area contributed by atoms with Crippen LogP contribution in [0.5, 0.6) is 0 Å². The maximum Gasteiger partial charge on any atom is 0.266 e. The van der Waals surface area contributed by atoms with Gasteiger partial charge < -0.3 is 4.90 Å². The molecule has 36 heavy (non-hydrogen) atoms. The maximum atomic E-state index is 13.8. The first kappa shape index (κ1) is 25.9. The molecule has 1 atom stereocenters. The highest BCUT2D eigenvalue weighted by atomic mass is 35.5. The molecule has 0 aliphatic rings. The Hall–Kier alpha value is -3.15. The zero-order valence-corrected chi connectivity index (χ0v) is 22.6. The molecule has 0 bridgehead atoms. The SMILES string of the molecule is Cc1ccc(-n2c(C(C)N(CC(C)C)C(=O)c3ccc(Cl)cc3Cl)nc3ccccc3c2=O)cc1C. The van der Waals surface area contributed by atoms with Gasteiger partial charge in [0.15, 0.2) is 0 Å². The first-order chi connectivity index (χ1) is 17.1. The zero-order valence-electron chi connectivity index (χ0n) is 21.0. The van der Waals surface area contributed by atoms with Gasteiger partial charge in [0.2, 0.25) is 0 Å². The van der Waals surface area contributed by atoms with Crippen LogP contribution in [-0.2, 0) is 0 Å². The van der Waals surface area contributed by atoms with Gasteiger partial charge in [-0.1, -0.05) is 55.2 Å². The van der Waals surface area contributed by atoms with Gasteiger partial charge >= 0.3 is 0 Å². The Morgan fingerprint density at radius 3 is 2.36 bits per heavy atom. The van der Waals surface area contributed by atoms with E-state index in [-0.39, 0.29) is 22.4 Å². The van der Waals surface area contributed by atoms with Crippen LogP contribution in [0.1, 0.15) is 54.1 Å². The van der Waals surface area contributed by atoms with E-state index in [0.29, 0.717) is 39.5 Å². The van der Waals surface area contributed by atoms with Gasteiger partial charge in [-0.2, -0.15) is 0 Å². The Morgan fingerprint density at radius 1 is 0.972 bits per heavy atom. The number of nitrogens with zero attached hydrogens (tertiary/aromatic N) is 3. The van der Waals surface area contributed by atoms with Gasteiger partial charge in [-0.15, -0.1) is 0 Å². The topological polar surface area (TPSA) is 55.2 Å². The number of carbonyl (C=O) groups is 1. The van der Waals surface area contributed by atoms with E-state index in [0.717, 1.165) is 11.1 Å². The lowest BCUT2D eigenvalue weighted by Crippen LogP contribution is -2.39. The molecule has 0 spiro atoms. The van der Waals surface area contributed by atoms with Gasteiger partial charge in [-0.3, -0.25) is 14.2 Å². The molecule has 186 valence electrons. The first-order valence-electron chi connectivity index (χ1n) is 11.9. The van der Waals surface area contributed by atoms with Crippen molar-refractivity contribution < 1.29 is 4.79 Å².